The number of nitrogens with one attached hydrogen (secondary N) is 1. The smallest absolute Gasteiger partial charge is 0.341 e. The number of benzene rings is 2. The Hall–Kier alpha value is -4.15. The van der Waals surface area contributed by atoms with Crippen LogP contribution < -0.4 is 5.32 Å². The summed E-state index contributed by atoms with van der Waals surface area (Å²) in [5.41, 5.74) is 4.34. The molecule has 4 aromatic rings. The third kappa shape index (κ3) is 5.13. The number of anilines is 1. The standard InChI is InChI=1S/C31H29N3O3S/c1-3-37-31(36)28-25-14-13-20(2)15-27(25)38-30(28)33-29(35)22(17-32)16-23-19-34(18-21-9-5-4-6-10-21)26-12-8-7-11-24(23)26/h4-12,16,19-20H,3,13-15,18H2,1-2H3,(H,33,35)/b22-16+. The summed E-state index contributed by atoms with van der Waals surface area (Å²) in [5.74, 6) is -0.451. The van der Waals surface area contributed by atoms with E-state index in [9.17, 15) is 14.9 Å². The molecule has 1 aliphatic rings. The molecule has 2 heterocycles. The molecule has 1 amide bonds. The molecule has 1 N–H and O–H groups in total. The molecule has 2 aromatic carbocycles. The molecular weight excluding hydrogens is 494 g/mol. The fourth-order valence-corrected chi connectivity index (χ4v) is 6.43. The number of para-hydroxylation sites is 1. The minimum Gasteiger partial charge on any atom is -0.462 e. The Morgan fingerprint density at radius 1 is 1.18 bits per heavy atom. The second-order valence-corrected chi connectivity index (χ2v) is 10.7. The summed E-state index contributed by atoms with van der Waals surface area (Å²) in [5, 5.41) is 14.2. The monoisotopic (exact) mass is 523 g/mol. The quantitative estimate of drug-likeness (QED) is 0.168. The molecule has 0 bridgehead atoms. The molecule has 0 saturated carbocycles. The van der Waals surface area contributed by atoms with Gasteiger partial charge in [0.2, 0.25) is 0 Å². The summed E-state index contributed by atoms with van der Waals surface area (Å²) in [6.45, 7) is 4.88. The van der Waals surface area contributed by atoms with Gasteiger partial charge in [0, 0.05) is 34.1 Å². The van der Waals surface area contributed by atoms with Crippen molar-refractivity contribution in [3.8, 4) is 6.07 Å². The van der Waals surface area contributed by atoms with Gasteiger partial charge in [0.15, 0.2) is 0 Å². The molecule has 2 aromatic heterocycles. The molecule has 5 rings (SSSR count). The van der Waals surface area contributed by atoms with E-state index >= 15 is 0 Å². The lowest BCUT2D eigenvalue weighted by molar-refractivity contribution is -0.112. The van der Waals surface area contributed by atoms with Gasteiger partial charge in [-0.25, -0.2) is 4.79 Å². The Morgan fingerprint density at radius 3 is 2.71 bits per heavy atom. The van der Waals surface area contributed by atoms with Crippen LogP contribution >= 0.6 is 11.3 Å². The van der Waals surface area contributed by atoms with Gasteiger partial charge >= 0.3 is 5.97 Å². The van der Waals surface area contributed by atoms with Crippen LogP contribution in [-0.2, 0) is 28.9 Å². The van der Waals surface area contributed by atoms with Crippen LogP contribution in [-0.4, -0.2) is 23.1 Å². The van der Waals surface area contributed by atoms with E-state index in [0.29, 0.717) is 23.0 Å². The van der Waals surface area contributed by atoms with Crippen LogP contribution in [0, 0.1) is 17.2 Å². The van der Waals surface area contributed by atoms with Crippen LogP contribution in [0.25, 0.3) is 17.0 Å². The summed E-state index contributed by atoms with van der Waals surface area (Å²) >= 11 is 1.42. The first-order chi connectivity index (χ1) is 18.5. The summed E-state index contributed by atoms with van der Waals surface area (Å²) in [4.78, 5) is 27.3. The zero-order valence-electron chi connectivity index (χ0n) is 21.5. The molecule has 1 unspecified atom stereocenters. The molecule has 0 spiro atoms. The fraction of sp³-hybridized carbons (Fsp3) is 0.258. The van der Waals surface area contributed by atoms with Crippen LogP contribution in [0.4, 0.5) is 5.00 Å². The lowest BCUT2D eigenvalue weighted by atomic mass is 9.88. The number of aromatic nitrogens is 1. The minimum absolute atomic E-state index is 0.0258. The zero-order chi connectivity index (χ0) is 26.6. The van der Waals surface area contributed by atoms with E-state index in [1.807, 2.05) is 48.7 Å². The largest absolute Gasteiger partial charge is 0.462 e. The molecule has 1 atom stereocenters. The molecule has 38 heavy (non-hydrogen) atoms. The fourth-order valence-electron chi connectivity index (χ4n) is 5.03. The third-order valence-corrected chi connectivity index (χ3v) is 8.07. The number of nitriles is 1. The molecule has 0 saturated heterocycles. The van der Waals surface area contributed by atoms with E-state index in [1.54, 1.807) is 13.0 Å². The minimum atomic E-state index is -0.537. The highest BCUT2D eigenvalue weighted by molar-refractivity contribution is 7.17. The van der Waals surface area contributed by atoms with Gasteiger partial charge in [-0.05, 0) is 55.4 Å². The first kappa shape index (κ1) is 25.5. The number of hydrogen-bond acceptors (Lipinski definition) is 5. The Morgan fingerprint density at radius 2 is 1.95 bits per heavy atom. The molecule has 6 nitrogen and oxygen atoms in total. The van der Waals surface area contributed by atoms with Crippen molar-refractivity contribution in [2.24, 2.45) is 5.92 Å². The average molecular weight is 524 g/mol. The number of carbonyl (C=O) groups is 2. The molecule has 0 aliphatic heterocycles. The molecule has 192 valence electrons. The van der Waals surface area contributed by atoms with Gasteiger partial charge in [-0.15, -0.1) is 11.3 Å². The second-order valence-electron chi connectivity index (χ2n) is 9.62. The first-order valence-electron chi connectivity index (χ1n) is 12.8. The van der Waals surface area contributed by atoms with Gasteiger partial charge in [-0.1, -0.05) is 55.5 Å². The number of hydrogen-bond donors (Lipinski definition) is 1. The number of thiophene rings is 1. The van der Waals surface area contributed by atoms with Crippen molar-refractivity contribution >= 4 is 45.2 Å². The summed E-state index contributed by atoms with van der Waals surface area (Å²) in [6.07, 6.45) is 6.22. The first-order valence-corrected chi connectivity index (χ1v) is 13.7. The predicted molar refractivity (Wildman–Crippen MR) is 151 cm³/mol. The van der Waals surface area contributed by atoms with Crippen molar-refractivity contribution in [1.29, 1.82) is 5.26 Å². The maximum atomic E-state index is 13.3. The van der Waals surface area contributed by atoms with Crippen LogP contribution in [0.3, 0.4) is 0 Å². The van der Waals surface area contributed by atoms with E-state index in [0.717, 1.165) is 51.7 Å². The highest BCUT2D eigenvalue weighted by Gasteiger charge is 2.29. The van der Waals surface area contributed by atoms with Crippen molar-refractivity contribution in [2.45, 2.75) is 39.7 Å². The lowest BCUT2D eigenvalue weighted by Crippen LogP contribution is -2.17. The van der Waals surface area contributed by atoms with E-state index in [1.165, 1.54) is 11.3 Å². The second kappa shape index (κ2) is 11.1. The van der Waals surface area contributed by atoms with Gasteiger partial charge in [0.25, 0.3) is 5.91 Å². The highest BCUT2D eigenvalue weighted by Crippen LogP contribution is 2.40. The SMILES string of the molecule is CCOC(=O)c1c(NC(=O)/C(C#N)=C/c2cn(Cc3ccccc3)c3ccccc23)sc2c1CCC(C)C2. The third-order valence-electron chi connectivity index (χ3n) is 6.90. The zero-order valence-corrected chi connectivity index (χ0v) is 22.3. The van der Waals surface area contributed by atoms with Crippen molar-refractivity contribution in [2.75, 3.05) is 11.9 Å². The predicted octanol–water partition coefficient (Wildman–Crippen LogP) is 6.60. The number of esters is 1. The summed E-state index contributed by atoms with van der Waals surface area (Å²) in [6, 6.07) is 20.2. The summed E-state index contributed by atoms with van der Waals surface area (Å²) in [7, 11) is 0. The molecule has 0 fully saturated rings. The van der Waals surface area contributed by atoms with E-state index in [-0.39, 0.29) is 12.2 Å². The maximum absolute atomic E-state index is 13.3. The molecular formula is C31H29N3O3S. The van der Waals surface area contributed by atoms with Crippen LogP contribution in [0.2, 0.25) is 0 Å². The van der Waals surface area contributed by atoms with E-state index in [4.69, 9.17) is 4.74 Å². The van der Waals surface area contributed by atoms with Crippen molar-refractivity contribution in [1.82, 2.24) is 4.57 Å². The normalized spacial score (nSPS) is 15.1. The number of fused-ring (bicyclic) bond motifs is 2. The van der Waals surface area contributed by atoms with Gasteiger partial charge in [-0.2, -0.15) is 5.26 Å². The van der Waals surface area contributed by atoms with Crippen LogP contribution in [0.1, 0.15) is 52.2 Å². The Balaban J connectivity index is 1.48. The number of nitrogens with zero attached hydrogens (tertiary/aromatic N) is 2. The maximum Gasteiger partial charge on any atom is 0.341 e. The van der Waals surface area contributed by atoms with Crippen LogP contribution in [0.5, 0.6) is 0 Å². The van der Waals surface area contributed by atoms with Gasteiger partial charge in [-0.3, -0.25) is 4.79 Å². The van der Waals surface area contributed by atoms with Gasteiger partial charge < -0.3 is 14.6 Å². The molecule has 0 radical (unpaired) electrons. The molecule has 7 heteroatoms. The number of amides is 1. The Kier molecular flexibility index (Phi) is 7.43. The van der Waals surface area contributed by atoms with Crippen molar-refractivity contribution < 1.29 is 14.3 Å². The van der Waals surface area contributed by atoms with Gasteiger partial charge in [0.05, 0.1) is 12.2 Å². The topological polar surface area (TPSA) is 84.1 Å². The molecule has 1 aliphatic carbocycles. The van der Waals surface area contributed by atoms with Crippen LogP contribution in [0.15, 0.2) is 66.4 Å². The number of carbonyl (C=O) groups excluding carboxylic acids is 2. The number of rotatable bonds is 7. The Bertz CT molecular complexity index is 1570. The number of ether oxygens (including phenoxy) is 1. The lowest BCUT2D eigenvalue weighted by Gasteiger charge is -2.18. The van der Waals surface area contributed by atoms with Gasteiger partial charge in [0.1, 0.15) is 16.6 Å². The average Bonchev–Trinajstić information content (AvgIpc) is 3.45. The van der Waals surface area contributed by atoms with Crippen molar-refractivity contribution in [3.63, 3.8) is 0 Å². The van der Waals surface area contributed by atoms with E-state index < -0.39 is 11.9 Å². The van der Waals surface area contributed by atoms with Crippen molar-refractivity contribution in [3.05, 3.63) is 93.5 Å². The highest BCUT2D eigenvalue weighted by atomic mass is 32.1. The summed E-state index contributed by atoms with van der Waals surface area (Å²) < 4.78 is 7.44. The Labute approximate surface area is 226 Å². The van der Waals surface area contributed by atoms with E-state index in [2.05, 4.69) is 35.0 Å².